The minimum atomic E-state index is -0.773. The van der Waals surface area contributed by atoms with E-state index >= 15 is 0 Å². The number of rotatable bonds is 4. The first kappa shape index (κ1) is 12.7. The van der Waals surface area contributed by atoms with Crippen LogP contribution in [0.4, 0.5) is 0 Å². The number of carboxylic acids is 1. The fourth-order valence-electron chi connectivity index (χ4n) is 2.21. The number of ketones is 1. The highest BCUT2D eigenvalue weighted by atomic mass is 16.4. The van der Waals surface area contributed by atoms with E-state index in [0.717, 1.165) is 13.0 Å². The van der Waals surface area contributed by atoms with Crippen molar-refractivity contribution < 1.29 is 14.7 Å². The lowest BCUT2D eigenvalue weighted by molar-refractivity contribution is -0.143. The SMILES string of the molecule is O=C(CN1CCC[C@H](C(=O)O)C1)c1ccccn1. The highest BCUT2D eigenvalue weighted by molar-refractivity contribution is 5.95. The van der Waals surface area contributed by atoms with Gasteiger partial charge in [0, 0.05) is 12.7 Å². The lowest BCUT2D eigenvalue weighted by Crippen LogP contribution is -2.41. The van der Waals surface area contributed by atoms with Gasteiger partial charge in [-0.25, -0.2) is 0 Å². The molecule has 0 bridgehead atoms. The second-order valence-corrected chi connectivity index (χ2v) is 4.55. The van der Waals surface area contributed by atoms with Crippen molar-refractivity contribution in [1.82, 2.24) is 9.88 Å². The van der Waals surface area contributed by atoms with Gasteiger partial charge in [0.2, 0.25) is 0 Å². The van der Waals surface area contributed by atoms with Crippen molar-refractivity contribution in [2.24, 2.45) is 5.92 Å². The van der Waals surface area contributed by atoms with Crippen molar-refractivity contribution in [3.05, 3.63) is 30.1 Å². The summed E-state index contributed by atoms with van der Waals surface area (Å²) in [4.78, 5) is 28.8. The number of piperidine rings is 1. The lowest BCUT2D eigenvalue weighted by Gasteiger charge is -2.29. The third kappa shape index (κ3) is 3.13. The smallest absolute Gasteiger partial charge is 0.307 e. The van der Waals surface area contributed by atoms with Crippen LogP contribution in [-0.2, 0) is 4.79 Å². The molecule has 0 unspecified atom stereocenters. The average molecular weight is 248 g/mol. The standard InChI is InChI=1S/C13H16N2O3/c16-12(11-5-1-2-6-14-11)9-15-7-3-4-10(8-15)13(17)18/h1-2,5-6,10H,3-4,7-9H2,(H,17,18)/t10-/m0/s1. The molecule has 5 heteroatoms. The fraction of sp³-hybridized carbons (Fsp3) is 0.462. The topological polar surface area (TPSA) is 70.5 Å². The van der Waals surface area contributed by atoms with Crippen LogP contribution in [0.5, 0.6) is 0 Å². The number of aromatic nitrogens is 1. The van der Waals surface area contributed by atoms with Gasteiger partial charge in [-0.3, -0.25) is 19.5 Å². The van der Waals surface area contributed by atoms with Gasteiger partial charge in [0.1, 0.15) is 5.69 Å². The molecule has 0 aromatic carbocycles. The van der Waals surface area contributed by atoms with E-state index in [1.807, 2.05) is 4.90 Å². The monoisotopic (exact) mass is 248 g/mol. The van der Waals surface area contributed by atoms with E-state index in [1.165, 1.54) is 0 Å². The van der Waals surface area contributed by atoms with Gasteiger partial charge >= 0.3 is 5.97 Å². The number of carboxylic acid groups (broad SMARTS) is 1. The van der Waals surface area contributed by atoms with Crippen LogP contribution in [-0.4, -0.2) is 46.4 Å². The first-order valence-electron chi connectivity index (χ1n) is 6.06. The van der Waals surface area contributed by atoms with Gasteiger partial charge in [0.05, 0.1) is 12.5 Å². The Bertz CT molecular complexity index is 433. The van der Waals surface area contributed by atoms with Crippen LogP contribution in [0, 0.1) is 5.92 Å². The second-order valence-electron chi connectivity index (χ2n) is 4.55. The van der Waals surface area contributed by atoms with E-state index in [4.69, 9.17) is 5.11 Å². The van der Waals surface area contributed by atoms with Gasteiger partial charge in [-0.2, -0.15) is 0 Å². The number of hydrogen-bond donors (Lipinski definition) is 1. The number of likely N-dealkylation sites (tertiary alicyclic amines) is 1. The summed E-state index contributed by atoms with van der Waals surface area (Å²) >= 11 is 0. The first-order valence-corrected chi connectivity index (χ1v) is 6.06. The summed E-state index contributed by atoms with van der Waals surface area (Å²) in [5, 5.41) is 8.98. The second kappa shape index (κ2) is 5.73. The Kier molecular flexibility index (Phi) is 4.04. The summed E-state index contributed by atoms with van der Waals surface area (Å²) in [5.41, 5.74) is 0.440. The molecule has 0 spiro atoms. The van der Waals surface area contributed by atoms with Crippen molar-refractivity contribution >= 4 is 11.8 Å². The van der Waals surface area contributed by atoms with E-state index < -0.39 is 5.97 Å². The molecule has 96 valence electrons. The molecule has 1 fully saturated rings. The molecule has 1 aromatic heterocycles. The number of Topliss-reactive ketones (excluding diaryl/α,β-unsaturated/α-hetero) is 1. The Morgan fingerprint density at radius 1 is 1.44 bits per heavy atom. The van der Waals surface area contributed by atoms with Crippen molar-refractivity contribution in [1.29, 1.82) is 0 Å². The van der Waals surface area contributed by atoms with Gasteiger partial charge in [-0.15, -0.1) is 0 Å². The zero-order chi connectivity index (χ0) is 13.0. The number of hydrogen-bond acceptors (Lipinski definition) is 4. The molecule has 18 heavy (non-hydrogen) atoms. The number of aliphatic carboxylic acids is 1. The molecule has 1 aliphatic heterocycles. The minimum Gasteiger partial charge on any atom is -0.481 e. The summed E-state index contributed by atoms with van der Waals surface area (Å²) in [5.74, 6) is -1.18. The van der Waals surface area contributed by atoms with E-state index in [0.29, 0.717) is 18.7 Å². The van der Waals surface area contributed by atoms with Gasteiger partial charge in [0.15, 0.2) is 5.78 Å². The minimum absolute atomic E-state index is 0.0540. The summed E-state index contributed by atoms with van der Waals surface area (Å²) < 4.78 is 0. The predicted octanol–water partition coefficient (Wildman–Crippen LogP) is 1.06. The molecule has 0 saturated carbocycles. The molecule has 2 heterocycles. The Morgan fingerprint density at radius 2 is 2.28 bits per heavy atom. The number of nitrogens with zero attached hydrogens (tertiary/aromatic N) is 2. The maximum absolute atomic E-state index is 11.9. The van der Waals surface area contributed by atoms with Crippen LogP contribution < -0.4 is 0 Å². The third-order valence-electron chi connectivity index (χ3n) is 3.17. The van der Waals surface area contributed by atoms with Gasteiger partial charge in [0.25, 0.3) is 0 Å². The zero-order valence-corrected chi connectivity index (χ0v) is 10.1. The van der Waals surface area contributed by atoms with Crippen molar-refractivity contribution in [3.63, 3.8) is 0 Å². The Balaban J connectivity index is 1.93. The van der Waals surface area contributed by atoms with E-state index in [2.05, 4.69) is 4.98 Å². The molecule has 5 nitrogen and oxygen atoms in total. The normalized spacial score (nSPS) is 20.6. The van der Waals surface area contributed by atoms with Gasteiger partial charge in [-0.1, -0.05) is 6.07 Å². The molecule has 1 atom stereocenters. The number of pyridine rings is 1. The van der Waals surface area contributed by atoms with Crippen LogP contribution in [0.1, 0.15) is 23.3 Å². The summed E-state index contributed by atoms with van der Waals surface area (Å²) in [6.45, 7) is 1.48. The van der Waals surface area contributed by atoms with Crippen LogP contribution in [0.3, 0.4) is 0 Å². The van der Waals surface area contributed by atoms with Gasteiger partial charge in [-0.05, 0) is 31.5 Å². The van der Waals surface area contributed by atoms with Crippen molar-refractivity contribution in [3.8, 4) is 0 Å². The number of carbonyl (C=O) groups is 2. The van der Waals surface area contributed by atoms with Gasteiger partial charge < -0.3 is 5.11 Å². The highest BCUT2D eigenvalue weighted by Gasteiger charge is 2.26. The van der Waals surface area contributed by atoms with E-state index in [-0.39, 0.29) is 18.2 Å². The molecular formula is C13H16N2O3. The summed E-state index contributed by atoms with van der Waals surface area (Å²) in [7, 11) is 0. The zero-order valence-electron chi connectivity index (χ0n) is 10.1. The maximum Gasteiger partial charge on any atom is 0.307 e. The average Bonchev–Trinajstić information content (AvgIpc) is 2.40. The van der Waals surface area contributed by atoms with Crippen LogP contribution >= 0.6 is 0 Å². The molecule has 0 aliphatic carbocycles. The predicted molar refractivity (Wildman–Crippen MR) is 65.4 cm³/mol. The van der Waals surface area contributed by atoms with E-state index in [1.54, 1.807) is 24.4 Å². The molecule has 0 radical (unpaired) electrons. The first-order chi connectivity index (χ1) is 8.66. The van der Waals surface area contributed by atoms with Crippen LogP contribution in [0.15, 0.2) is 24.4 Å². The van der Waals surface area contributed by atoms with E-state index in [9.17, 15) is 9.59 Å². The lowest BCUT2D eigenvalue weighted by atomic mass is 9.98. The molecule has 2 rings (SSSR count). The van der Waals surface area contributed by atoms with Crippen LogP contribution in [0.25, 0.3) is 0 Å². The fourth-order valence-corrected chi connectivity index (χ4v) is 2.21. The Hall–Kier alpha value is -1.75. The molecule has 1 aliphatic rings. The molecule has 1 aromatic rings. The summed E-state index contributed by atoms with van der Waals surface area (Å²) in [6.07, 6.45) is 3.11. The van der Waals surface area contributed by atoms with Crippen molar-refractivity contribution in [2.75, 3.05) is 19.6 Å². The maximum atomic E-state index is 11.9. The Morgan fingerprint density at radius 3 is 2.94 bits per heavy atom. The molecule has 0 amide bonds. The van der Waals surface area contributed by atoms with Crippen molar-refractivity contribution in [2.45, 2.75) is 12.8 Å². The third-order valence-corrected chi connectivity index (χ3v) is 3.17. The highest BCUT2D eigenvalue weighted by Crippen LogP contribution is 2.16. The Labute approximate surface area is 105 Å². The van der Waals surface area contributed by atoms with Crippen LogP contribution in [0.2, 0.25) is 0 Å². The molecular weight excluding hydrogens is 232 g/mol. The molecule has 1 N–H and O–H groups in total. The quantitative estimate of drug-likeness (QED) is 0.807. The summed E-state index contributed by atoms with van der Waals surface area (Å²) in [6, 6.07) is 5.22. The number of carbonyl (C=O) groups excluding carboxylic acids is 1. The molecule has 1 saturated heterocycles. The largest absolute Gasteiger partial charge is 0.481 e.